The summed E-state index contributed by atoms with van der Waals surface area (Å²) in [5.74, 6) is 1.47. The molecular weight excluding hydrogens is 258 g/mol. The highest BCUT2D eigenvalue weighted by Crippen LogP contribution is 2.34. The number of aliphatic hydroxyl groups excluding tert-OH is 1. The van der Waals surface area contributed by atoms with Crippen LogP contribution in [0.25, 0.3) is 0 Å². The molecule has 0 bridgehead atoms. The van der Waals surface area contributed by atoms with Crippen LogP contribution in [0.4, 0.5) is 0 Å². The first kappa shape index (κ1) is 13.7. The molecule has 20 heavy (non-hydrogen) atoms. The van der Waals surface area contributed by atoms with Gasteiger partial charge in [-0.2, -0.15) is 0 Å². The minimum atomic E-state index is -0.514. The van der Waals surface area contributed by atoms with Crippen molar-refractivity contribution in [3.63, 3.8) is 0 Å². The lowest BCUT2D eigenvalue weighted by Gasteiger charge is -2.33. The van der Waals surface area contributed by atoms with E-state index in [1.165, 1.54) is 0 Å². The van der Waals surface area contributed by atoms with Crippen LogP contribution < -0.4 is 9.47 Å². The van der Waals surface area contributed by atoms with Crippen molar-refractivity contribution in [1.29, 1.82) is 0 Å². The van der Waals surface area contributed by atoms with Crippen LogP contribution in [0.1, 0.15) is 25.0 Å². The number of aliphatic hydroxyl groups is 1. The van der Waals surface area contributed by atoms with E-state index in [0.717, 1.165) is 43.2 Å². The number of hydrogen-bond donors (Lipinski definition) is 1. The van der Waals surface area contributed by atoms with Crippen LogP contribution in [0.15, 0.2) is 18.2 Å². The van der Waals surface area contributed by atoms with E-state index in [9.17, 15) is 5.11 Å². The summed E-state index contributed by atoms with van der Waals surface area (Å²) in [6, 6.07) is 5.62. The van der Waals surface area contributed by atoms with E-state index in [-0.39, 0.29) is 12.9 Å². The second-order valence-electron chi connectivity index (χ2n) is 5.29. The zero-order valence-corrected chi connectivity index (χ0v) is 11.7. The number of nitrogens with zero attached hydrogens (tertiary/aromatic N) is 1. The average molecular weight is 279 g/mol. The number of morpholine rings is 1. The minimum Gasteiger partial charge on any atom is -0.454 e. The quantitative estimate of drug-likeness (QED) is 0.906. The van der Waals surface area contributed by atoms with Crippen molar-refractivity contribution < 1.29 is 19.3 Å². The topological polar surface area (TPSA) is 51.2 Å². The first-order valence-corrected chi connectivity index (χ1v) is 7.18. The van der Waals surface area contributed by atoms with E-state index in [2.05, 4.69) is 11.8 Å². The van der Waals surface area contributed by atoms with Gasteiger partial charge >= 0.3 is 0 Å². The van der Waals surface area contributed by atoms with Gasteiger partial charge in [0, 0.05) is 19.6 Å². The van der Waals surface area contributed by atoms with Crippen molar-refractivity contribution in [2.24, 2.45) is 0 Å². The van der Waals surface area contributed by atoms with Crippen molar-refractivity contribution in [3.8, 4) is 11.5 Å². The van der Waals surface area contributed by atoms with Crippen molar-refractivity contribution in [1.82, 2.24) is 4.90 Å². The summed E-state index contributed by atoms with van der Waals surface area (Å²) in [5.41, 5.74) is 0.869. The van der Waals surface area contributed by atoms with Crippen molar-refractivity contribution in [2.75, 3.05) is 33.0 Å². The highest BCUT2D eigenvalue weighted by Gasteiger charge is 2.23. The molecule has 5 heteroatoms. The first-order chi connectivity index (χ1) is 9.76. The van der Waals surface area contributed by atoms with Crippen LogP contribution in [0.3, 0.4) is 0 Å². The summed E-state index contributed by atoms with van der Waals surface area (Å²) in [6.45, 7) is 5.51. The van der Waals surface area contributed by atoms with Crippen LogP contribution >= 0.6 is 0 Å². The van der Waals surface area contributed by atoms with E-state index in [1.54, 1.807) is 0 Å². The molecule has 0 aliphatic carbocycles. The molecule has 5 nitrogen and oxygen atoms in total. The maximum Gasteiger partial charge on any atom is 0.231 e. The Morgan fingerprint density at radius 2 is 2.20 bits per heavy atom. The number of hydrogen-bond acceptors (Lipinski definition) is 5. The Kier molecular flexibility index (Phi) is 4.10. The van der Waals surface area contributed by atoms with Gasteiger partial charge in [-0.1, -0.05) is 13.0 Å². The van der Waals surface area contributed by atoms with Crippen molar-refractivity contribution in [3.05, 3.63) is 23.8 Å². The Hall–Kier alpha value is -1.30. The fraction of sp³-hybridized carbons (Fsp3) is 0.600. The normalized spacial score (nSPS) is 23.8. The smallest absolute Gasteiger partial charge is 0.231 e. The second-order valence-corrected chi connectivity index (χ2v) is 5.29. The SMILES string of the molecule is CCC1CN(CC(O)c2ccc3c(c2)OCO3)CCO1. The summed E-state index contributed by atoms with van der Waals surface area (Å²) in [5, 5.41) is 10.4. The van der Waals surface area contributed by atoms with Crippen LogP contribution in [0.2, 0.25) is 0 Å². The molecule has 110 valence electrons. The number of ether oxygens (including phenoxy) is 3. The summed E-state index contributed by atoms with van der Waals surface area (Å²) in [6.07, 6.45) is 0.782. The third-order valence-electron chi connectivity index (χ3n) is 3.89. The van der Waals surface area contributed by atoms with Gasteiger partial charge in [-0.05, 0) is 24.1 Å². The predicted molar refractivity (Wildman–Crippen MR) is 74.0 cm³/mol. The molecule has 0 amide bonds. The molecule has 2 atom stereocenters. The molecule has 2 heterocycles. The lowest BCUT2D eigenvalue weighted by atomic mass is 10.1. The lowest BCUT2D eigenvalue weighted by Crippen LogP contribution is -2.43. The molecule has 0 aromatic heterocycles. The molecule has 3 rings (SSSR count). The van der Waals surface area contributed by atoms with Gasteiger partial charge in [0.25, 0.3) is 0 Å². The van der Waals surface area contributed by atoms with Crippen molar-refractivity contribution >= 4 is 0 Å². The van der Waals surface area contributed by atoms with Gasteiger partial charge in [-0.15, -0.1) is 0 Å². The van der Waals surface area contributed by atoms with Gasteiger partial charge in [0.05, 0.1) is 18.8 Å². The molecule has 1 saturated heterocycles. The van der Waals surface area contributed by atoms with Crippen LogP contribution in [-0.4, -0.2) is 49.1 Å². The maximum atomic E-state index is 10.4. The average Bonchev–Trinajstić information content (AvgIpc) is 2.94. The minimum absolute atomic E-state index is 0.260. The van der Waals surface area contributed by atoms with Gasteiger partial charge in [0.15, 0.2) is 11.5 Å². The monoisotopic (exact) mass is 279 g/mol. The lowest BCUT2D eigenvalue weighted by molar-refractivity contribution is -0.0418. The molecule has 0 saturated carbocycles. The van der Waals surface area contributed by atoms with E-state index in [1.807, 2.05) is 18.2 Å². The Morgan fingerprint density at radius 3 is 3.05 bits per heavy atom. The summed E-state index contributed by atoms with van der Waals surface area (Å²) in [7, 11) is 0. The fourth-order valence-electron chi connectivity index (χ4n) is 2.66. The molecular formula is C15H21NO4. The predicted octanol–water partition coefficient (Wildman–Crippen LogP) is 1.56. The second kappa shape index (κ2) is 5.99. The third-order valence-corrected chi connectivity index (χ3v) is 3.89. The van der Waals surface area contributed by atoms with E-state index < -0.39 is 6.10 Å². The van der Waals surface area contributed by atoms with Crippen LogP contribution in [0, 0.1) is 0 Å². The standard InChI is InChI=1S/C15H21NO4/c1-2-12-8-16(5-6-18-12)9-13(17)11-3-4-14-15(7-11)20-10-19-14/h3-4,7,12-13,17H,2,5-6,8-10H2,1H3. The van der Waals surface area contributed by atoms with Gasteiger partial charge < -0.3 is 19.3 Å². The molecule has 1 aromatic rings. The van der Waals surface area contributed by atoms with Gasteiger partial charge in [0.2, 0.25) is 6.79 Å². The van der Waals surface area contributed by atoms with Crippen LogP contribution in [-0.2, 0) is 4.74 Å². The largest absolute Gasteiger partial charge is 0.454 e. The number of rotatable bonds is 4. The van der Waals surface area contributed by atoms with Crippen molar-refractivity contribution in [2.45, 2.75) is 25.6 Å². The molecule has 0 spiro atoms. The maximum absolute atomic E-state index is 10.4. The van der Waals surface area contributed by atoms with Gasteiger partial charge in [-0.3, -0.25) is 4.90 Å². The molecule has 1 aromatic carbocycles. The number of β-amino-alcohol motifs (C(OH)–C–C–N with tert-alkyl or cyclic N) is 1. The van der Waals surface area contributed by atoms with E-state index in [4.69, 9.17) is 14.2 Å². The molecule has 2 aliphatic heterocycles. The zero-order valence-electron chi connectivity index (χ0n) is 11.7. The van der Waals surface area contributed by atoms with Gasteiger partial charge in [-0.25, -0.2) is 0 Å². The number of fused-ring (bicyclic) bond motifs is 1. The Balaban J connectivity index is 1.62. The Labute approximate surface area is 119 Å². The van der Waals surface area contributed by atoms with E-state index in [0.29, 0.717) is 6.54 Å². The first-order valence-electron chi connectivity index (χ1n) is 7.18. The fourth-order valence-corrected chi connectivity index (χ4v) is 2.66. The van der Waals surface area contributed by atoms with Crippen LogP contribution in [0.5, 0.6) is 11.5 Å². The molecule has 1 N–H and O–H groups in total. The summed E-state index contributed by atoms with van der Waals surface area (Å²) >= 11 is 0. The third kappa shape index (κ3) is 2.90. The van der Waals surface area contributed by atoms with Gasteiger partial charge in [0.1, 0.15) is 0 Å². The molecule has 0 radical (unpaired) electrons. The number of benzene rings is 1. The molecule has 2 aliphatic rings. The summed E-state index contributed by atoms with van der Waals surface area (Å²) < 4.78 is 16.3. The Morgan fingerprint density at radius 1 is 1.35 bits per heavy atom. The zero-order chi connectivity index (χ0) is 13.9. The highest BCUT2D eigenvalue weighted by atomic mass is 16.7. The Bertz CT molecular complexity index is 465. The van der Waals surface area contributed by atoms with E-state index >= 15 is 0 Å². The molecule has 1 fully saturated rings. The highest BCUT2D eigenvalue weighted by molar-refractivity contribution is 5.45. The molecule has 2 unspecified atom stereocenters. The summed E-state index contributed by atoms with van der Waals surface area (Å²) in [4.78, 5) is 2.26.